The Bertz CT molecular complexity index is 387. The van der Waals surface area contributed by atoms with Crippen molar-refractivity contribution in [3.8, 4) is 11.8 Å². The average molecular weight is 225 g/mol. The van der Waals surface area contributed by atoms with E-state index in [0.717, 1.165) is 5.69 Å². The quantitative estimate of drug-likeness (QED) is 0.792. The van der Waals surface area contributed by atoms with Gasteiger partial charge in [0, 0.05) is 12.1 Å². The van der Waals surface area contributed by atoms with Crippen LogP contribution in [0, 0.1) is 11.3 Å². The first-order chi connectivity index (χ1) is 7.10. The molecule has 0 amide bonds. The highest BCUT2D eigenvalue weighted by molar-refractivity contribution is 6.30. The maximum absolute atomic E-state index is 8.83. The summed E-state index contributed by atoms with van der Waals surface area (Å²) in [5, 5.41) is 9.46. The Morgan fingerprint density at radius 1 is 1.53 bits per heavy atom. The Hall–Kier alpha value is -1.40. The van der Waals surface area contributed by atoms with Gasteiger partial charge in [0.15, 0.2) is 0 Å². The third-order valence-corrected chi connectivity index (χ3v) is 2.52. The monoisotopic (exact) mass is 224 g/mol. The number of hydrogen-bond acceptors (Lipinski definition) is 3. The van der Waals surface area contributed by atoms with Crippen LogP contribution < -0.4 is 9.64 Å². The lowest BCUT2D eigenvalue weighted by molar-refractivity contribution is 0.414. The van der Waals surface area contributed by atoms with Gasteiger partial charge in [-0.2, -0.15) is 5.26 Å². The van der Waals surface area contributed by atoms with Crippen LogP contribution in [0.15, 0.2) is 18.2 Å². The largest absolute Gasteiger partial charge is 0.495 e. The van der Waals surface area contributed by atoms with E-state index in [2.05, 4.69) is 6.07 Å². The van der Waals surface area contributed by atoms with Crippen LogP contribution in [0.4, 0.5) is 5.69 Å². The van der Waals surface area contributed by atoms with Crippen LogP contribution in [0.25, 0.3) is 0 Å². The fourth-order valence-electron chi connectivity index (χ4n) is 1.23. The Labute approximate surface area is 94.8 Å². The molecule has 0 radical (unpaired) electrons. The van der Waals surface area contributed by atoms with Gasteiger partial charge in [0.25, 0.3) is 0 Å². The van der Waals surface area contributed by atoms with E-state index in [1.807, 2.05) is 18.9 Å². The van der Waals surface area contributed by atoms with Crippen molar-refractivity contribution in [3.05, 3.63) is 23.2 Å². The molecular formula is C11H13ClN2O. The zero-order valence-electron chi connectivity index (χ0n) is 8.99. The summed E-state index contributed by atoms with van der Waals surface area (Å²) in [6.07, 6.45) is 0. The fourth-order valence-corrected chi connectivity index (χ4v) is 1.40. The maximum Gasteiger partial charge on any atom is 0.142 e. The Morgan fingerprint density at radius 3 is 2.73 bits per heavy atom. The molecule has 1 aromatic carbocycles. The van der Waals surface area contributed by atoms with Gasteiger partial charge in [-0.05, 0) is 25.1 Å². The number of halogens is 1. The molecule has 0 saturated heterocycles. The van der Waals surface area contributed by atoms with E-state index in [-0.39, 0.29) is 6.04 Å². The minimum atomic E-state index is -0.225. The van der Waals surface area contributed by atoms with Crippen LogP contribution in [0.3, 0.4) is 0 Å². The summed E-state index contributed by atoms with van der Waals surface area (Å²) >= 11 is 5.90. The Kier molecular flexibility index (Phi) is 3.81. The number of anilines is 1. The highest BCUT2D eigenvalue weighted by Gasteiger charge is 2.13. The summed E-state index contributed by atoms with van der Waals surface area (Å²) in [6.45, 7) is 1.82. The molecule has 4 heteroatoms. The number of hydrogen-bond donors (Lipinski definition) is 0. The Morgan fingerprint density at radius 2 is 2.20 bits per heavy atom. The second-order valence-electron chi connectivity index (χ2n) is 3.23. The maximum atomic E-state index is 8.83. The molecule has 1 atom stereocenters. The van der Waals surface area contributed by atoms with Crippen LogP contribution >= 0.6 is 11.6 Å². The molecule has 0 spiro atoms. The van der Waals surface area contributed by atoms with Crippen LogP contribution in [0.1, 0.15) is 6.92 Å². The summed E-state index contributed by atoms with van der Waals surface area (Å²) in [4.78, 5) is 1.82. The highest BCUT2D eigenvalue weighted by Crippen LogP contribution is 2.31. The lowest BCUT2D eigenvalue weighted by Gasteiger charge is -2.23. The van der Waals surface area contributed by atoms with E-state index in [1.54, 1.807) is 25.3 Å². The van der Waals surface area contributed by atoms with E-state index < -0.39 is 0 Å². The number of benzene rings is 1. The van der Waals surface area contributed by atoms with Crippen molar-refractivity contribution < 1.29 is 4.74 Å². The van der Waals surface area contributed by atoms with Gasteiger partial charge in [0.2, 0.25) is 0 Å². The summed E-state index contributed by atoms with van der Waals surface area (Å²) < 4.78 is 5.21. The zero-order chi connectivity index (χ0) is 11.4. The molecule has 1 rings (SSSR count). The van der Waals surface area contributed by atoms with E-state index in [9.17, 15) is 0 Å². The molecule has 0 aliphatic rings. The second-order valence-corrected chi connectivity index (χ2v) is 3.67. The molecule has 1 aromatic rings. The van der Waals surface area contributed by atoms with Crippen molar-refractivity contribution in [1.29, 1.82) is 5.26 Å². The number of nitrogens with zero attached hydrogens (tertiary/aromatic N) is 2. The normalized spacial score (nSPS) is 11.7. The summed E-state index contributed by atoms with van der Waals surface area (Å²) in [5.74, 6) is 0.712. The van der Waals surface area contributed by atoms with Crippen molar-refractivity contribution in [2.75, 3.05) is 19.1 Å². The van der Waals surface area contributed by atoms with Crippen molar-refractivity contribution in [2.45, 2.75) is 13.0 Å². The van der Waals surface area contributed by atoms with E-state index in [1.165, 1.54) is 0 Å². The predicted molar refractivity (Wildman–Crippen MR) is 61.5 cm³/mol. The average Bonchev–Trinajstić information content (AvgIpc) is 2.27. The zero-order valence-corrected chi connectivity index (χ0v) is 9.75. The fraction of sp³-hybridized carbons (Fsp3) is 0.364. The lowest BCUT2D eigenvalue weighted by Crippen LogP contribution is -2.27. The molecule has 3 nitrogen and oxygen atoms in total. The Balaban J connectivity index is 3.12. The topological polar surface area (TPSA) is 36.3 Å². The molecule has 0 N–H and O–H groups in total. The standard InChI is InChI=1S/C11H13ClN2O/c1-8(7-13)14(2)10-6-9(12)4-5-11(10)15-3/h4-6,8H,1-3H3. The molecular weight excluding hydrogens is 212 g/mol. The van der Waals surface area contributed by atoms with Gasteiger partial charge in [-0.3, -0.25) is 0 Å². The second kappa shape index (κ2) is 4.90. The highest BCUT2D eigenvalue weighted by atomic mass is 35.5. The van der Waals surface area contributed by atoms with Crippen LogP contribution in [0.5, 0.6) is 5.75 Å². The SMILES string of the molecule is COc1ccc(Cl)cc1N(C)C(C)C#N. The first kappa shape index (κ1) is 11.7. The van der Waals surface area contributed by atoms with E-state index in [4.69, 9.17) is 21.6 Å². The molecule has 0 aromatic heterocycles. The molecule has 0 bridgehead atoms. The molecule has 15 heavy (non-hydrogen) atoms. The number of methoxy groups -OCH3 is 1. The van der Waals surface area contributed by atoms with Crippen molar-refractivity contribution in [3.63, 3.8) is 0 Å². The number of nitriles is 1. The molecule has 0 fully saturated rings. The van der Waals surface area contributed by atoms with Gasteiger partial charge >= 0.3 is 0 Å². The first-order valence-electron chi connectivity index (χ1n) is 4.56. The molecule has 1 unspecified atom stereocenters. The smallest absolute Gasteiger partial charge is 0.142 e. The summed E-state index contributed by atoms with van der Waals surface area (Å²) in [7, 11) is 3.43. The van der Waals surface area contributed by atoms with Crippen molar-refractivity contribution >= 4 is 17.3 Å². The van der Waals surface area contributed by atoms with Crippen molar-refractivity contribution in [1.82, 2.24) is 0 Å². The first-order valence-corrected chi connectivity index (χ1v) is 4.94. The van der Waals surface area contributed by atoms with Crippen LogP contribution in [0.2, 0.25) is 5.02 Å². The van der Waals surface area contributed by atoms with Gasteiger partial charge < -0.3 is 9.64 Å². The predicted octanol–water partition coefficient (Wildman–Crippen LogP) is 2.70. The molecule has 80 valence electrons. The summed E-state index contributed by atoms with van der Waals surface area (Å²) in [6, 6.07) is 7.27. The number of ether oxygens (including phenoxy) is 1. The minimum absolute atomic E-state index is 0.225. The van der Waals surface area contributed by atoms with Gasteiger partial charge in [-0.1, -0.05) is 11.6 Å². The third-order valence-electron chi connectivity index (χ3n) is 2.29. The molecule has 0 aliphatic heterocycles. The minimum Gasteiger partial charge on any atom is -0.495 e. The molecule has 0 saturated carbocycles. The van der Waals surface area contributed by atoms with Gasteiger partial charge in [-0.15, -0.1) is 0 Å². The van der Waals surface area contributed by atoms with Crippen LogP contribution in [-0.4, -0.2) is 20.2 Å². The van der Waals surface area contributed by atoms with Gasteiger partial charge in [-0.25, -0.2) is 0 Å². The third kappa shape index (κ3) is 2.54. The molecule has 0 heterocycles. The lowest BCUT2D eigenvalue weighted by atomic mass is 10.2. The number of rotatable bonds is 3. The van der Waals surface area contributed by atoms with Crippen molar-refractivity contribution in [2.24, 2.45) is 0 Å². The van der Waals surface area contributed by atoms with Gasteiger partial charge in [0.05, 0.1) is 18.9 Å². The molecule has 0 aliphatic carbocycles. The van der Waals surface area contributed by atoms with E-state index >= 15 is 0 Å². The van der Waals surface area contributed by atoms with Crippen LogP contribution in [-0.2, 0) is 0 Å². The van der Waals surface area contributed by atoms with E-state index in [0.29, 0.717) is 10.8 Å². The van der Waals surface area contributed by atoms with Gasteiger partial charge in [0.1, 0.15) is 11.8 Å². The summed E-state index contributed by atoms with van der Waals surface area (Å²) in [5.41, 5.74) is 0.819.